The molecule has 0 radical (unpaired) electrons. The van der Waals surface area contributed by atoms with Crippen LogP contribution in [0.2, 0.25) is 0 Å². The van der Waals surface area contributed by atoms with Gasteiger partial charge in [-0.15, -0.1) is 0 Å². The van der Waals surface area contributed by atoms with Gasteiger partial charge >= 0.3 is 5.97 Å². The Balaban J connectivity index is 1.36. The zero-order valence-electron chi connectivity index (χ0n) is 23.7. The van der Waals surface area contributed by atoms with Crippen molar-refractivity contribution in [3.63, 3.8) is 0 Å². The van der Waals surface area contributed by atoms with Gasteiger partial charge in [0.1, 0.15) is 6.04 Å². The minimum Gasteiger partial charge on any atom is -0.480 e. The van der Waals surface area contributed by atoms with Crippen LogP contribution >= 0.6 is 0 Å². The van der Waals surface area contributed by atoms with Gasteiger partial charge in [0, 0.05) is 32.2 Å². The van der Waals surface area contributed by atoms with E-state index in [0.29, 0.717) is 12.0 Å². The second-order valence-electron chi connectivity index (χ2n) is 10.7. The van der Waals surface area contributed by atoms with Crippen molar-refractivity contribution in [3.05, 3.63) is 131 Å². The van der Waals surface area contributed by atoms with E-state index in [1.165, 1.54) is 17.5 Å². The highest BCUT2D eigenvalue weighted by atomic mass is 16.4. The number of amides is 1. The molecule has 212 valence electrons. The minimum absolute atomic E-state index is 0.0125. The Morgan fingerprint density at radius 2 is 1.39 bits per heavy atom. The molecular weight excluding hydrogens is 510 g/mol. The summed E-state index contributed by atoms with van der Waals surface area (Å²) in [5, 5.41) is 10.0. The topological polar surface area (TPSA) is 74.7 Å². The number of nitrogens with zero attached hydrogens (tertiary/aromatic N) is 1. The van der Waals surface area contributed by atoms with Crippen molar-refractivity contribution < 1.29 is 19.5 Å². The lowest BCUT2D eigenvalue weighted by atomic mass is 9.87. The van der Waals surface area contributed by atoms with E-state index < -0.39 is 12.0 Å². The highest BCUT2D eigenvalue weighted by Crippen LogP contribution is 2.30. The monoisotopic (exact) mass is 549 g/mol. The summed E-state index contributed by atoms with van der Waals surface area (Å²) < 4.78 is 0. The first-order valence-corrected chi connectivity index (χ1v) is 14.5. The summed E-state index contributed by atoms with van der Waals surface area (Å²) in [6.07, 6.45) is 8.73. The Kier molecular flexibility index (Phi) is 10.8. The summed E-state index contributed by atoms with van der Waals surface area (Å²) in [7, 11) is 1.54. The first-order chi connectivity index (χ1) is 19.9. The van der Waals surface area contributed by atoms with Crippen molar-refractivity contribution in [2.45, 2.75) is 63.3 Å². The summed E-state index contributed by atoms with van der Waals surface area (Å²) >= 11 is 0. The van der Waals surface area contributed by atoms with Crippen LogP contribution in [0.5, 0.6) is 0 Å². The molecule has 0 fully saturated rings. The molecule has 0 aliphatic heterocycles. The maximum absolute atomic E-state index is 13.3. The number of carboxylic acids is 1. The molecule has 0 bridgehead atoms. The molecule has 0 heterocycles. The second-order valence-corrected chi connectivity index (χ2v) is 10.7. The van der Waals surface area contributed by atoms with Crippen LogP contribution in [0.25, 0.3) is 0 Å². The van der Waals surface area contributed by atoms with Crippen molar-refractivity contribution in [3.8, 4) is 0 Å². The Morgan fingerprint density at radius 1 is 0.829 bits per heavy atom. The molecule has 0 aromatic heterocycles. The fraction of sp³-hybridized carbons (Fsp3) is 0.306. The maximum atomic E-state index is 13.3. The Morgan fingerprint density at radius 3 is 1.98 bits per heavy atom. The van der Waals surface area contributed by atoms with Crippen LogP contribution in [0, 0.1) is 0 Å². The average molecular weight is 550 g/mol. The number of rotatable bonds is 14. The largest absolute Gasteiger partial charge is 0.480 e. The molecule has 0 spiro atoms. The molecule has 1 aliphatic rings. The number of benzene rings is 3. The van der Waals surface area contributed by atoms with Crippen molar-refractivity contribution in [2.24, 2.45) is 0 Å². The Bertz CT molecular complexity index is 1320. The Labute approximate surface area is 243 Å². The highest BCUT2D eigenvalue weighted by Gasteiger charge is 2.30. The van der Waals surface area contributed by atoms with Crippen LogP contribution in [0.1, 0.15) is 67.6 Å². The number of carboxylic acid groups (broad SMARTS) is 1. The fourth-order valence-electron chi connectivity index (χ4n) is 5.48. The quantitative estimate of drug-likeness (QED) is 0.217. The molecule has 1 atom stereocenters. The van der Waals surface area contributed by atoms with Crippen LogP contribution in [-0.2, 0) is 20.8 Å². The lowest BCUT2D eigenvalue weighted by Gasteiger charge is -2.27. The van der Waals surface area contributed by atoms with Gasteiger partial charge in [-0.25, -0.2) is 4.79 Å². The lowest BCUT2D eigenvalue weighted by Crippen LogP contribution is -2.43. The number of carbonyl (C=O) groups is 3. The number of unbranched alkanes of at least 4 members (excludes halogenated alkanes) is 1. The van der Waals surface area contributed by atoms with E-state index in [1.807, 2.05) is 66.7 Å². The van der Waals surface area contributed by atoms with Crippen molar-refractivity contribution >= 4 is 17.7 Å². The third-order valence-electron chi connectivity index (χ3n) is 7.90. The number of aryl methyl sites for hydroxylation is 1. The molecule has 41 heavy (non-hydrogen) atoms. The molecule has 1 N–H and O–H groups in total. The summed E-state index contributed by atoms with van der Waals surface area (Å²) in [5.41, 5.74) is 5.10. The molecule has 1 amide bonds. The van der Waals surface area contributed by atoms with E-state index in [4.69, 9.17) is 0 Å². The van der Waals surface area contributed by atoms with Crippen LogP contribution in [-0.4, -0.2) is 40.8 Å². The van der Waals surface area contributed by atoms with E-state index in [1.54, 1.807) is 0 Å². The highest BCUT2D eigenvalue weighted by molar-refractivity contribution is 5.99. The van der Waals surface area contributed by atoms with Gasteiger partial charge in [-0.1, -0.05) is 109 Å². The molecule has 1 unspecified atom stereocenters. The van der Waals surface area contributed by atoms with Gasteiger partial charge in [0.2, 0.25) is 5.91 Å². The van der Waals surface area contributed by atoms with E-state index in [0.717, 1.165) is 42.4 Å². The molecule has 3 aromatic carbocycles. The number of carbonyl (C=O) groups excluding carboxylic acids is 2. The fourth-order valence-corrected chi connectivity index (χ4v) is 5.48. The minimum atomic E-state index is -1.10. The maximum Gasteiger partial charge on any atom is 0.326 e. The predicted octanol–water partition coefficient (Wildman–Crippen LogP) is 7.14. The molecule has 5 heteroatoms. The summed E-state index contributed by atoms with van der Waals surface area (Å²) in [6, 6.07) is 29.4. The van der Waals surface area contributed by atoms with E-state index in [2.05, 4.69) is 36.4 Å². The molecule has 5 nitrogen and oxygen atoms in total. The van der Waals surface area contributed by atoms with Crippen molar-refractivity contribution in [1.82, 2.24) is 4.90 Å². The number of likely N-dealkylation sites (N-methyl/N-ethyl adjacent to an activating group) is 1. The van der Waals surface area contributed by atoms with Gasteiger partial charge < -0.3 is 10.0 Å². The first kappa shape index (κ1) is 29.7. The van der Waals surface area contributed by atoms with E-state index in [-0.39, 0.29) is 36.9 Å². The van der Waals surface area contributed by atoms with E-state index >= 15 is 0 Å². The molecule has 3 aromatic rings. The zero-order valence-corrected chi connectivity index (χ0v) is 23.7. The second kappa shape index (κ2) is 14.9. The summed E-state index contributed by atoms with van der Waals surface area (Å²) in [5.74, 6) is -1.39. The van der Waals surface area contributed by atoms with Crippen molar-refractivity contribution in [1.29, 1.82) is 0 Å². The number of hydrogen-bond donors (Lipinski definition) is 1. The average Bonchev–Trinajstić information content (AvgIpc) is 3.00. The van der Waals surface area contributed by atoms with Crippen molar-refractivity contribution in [2.75, 3.05) is 7.05 Å². The van der Waals surface area contributed by atoms with Gasteiger partial charge in [0.05, 0.1) is 0 Å². The van der Waals surface area contributed by atoms with Crippen LogP contribution in [0.3, 0.4) is 0 Å². The molecule has 0 saturated carbocycles. The SMILES string of the molecule is CN(C(=O)CCC(c1ccccc1)c1ccccc1)C(CC1=CC(CCCCc2ccccc2)=CCC1=O)C(=O)O. The van der Waals surface area contributed by atoms with Crippen LogP contribution in [0.15, 0.2) is 114 Å². The smallest absolute Gasteiger partial charge is 0.326 e. The van der Waals surface area contributed by atoms with Gasteiger partial charge in [-0.3, -0.25) is 9.59 Å². The van der Waals surface area contributed by atoms with E-state index in [9.17, 15) is 19.5 Å². The number of Topliss-reactive ketones (excluding diaryl/α,β-unsaturated/α-hetero) is 1. The molecular formula is C36H39NO4. The van der Waals surface area contributed by atoms with Gasteiger partial charge in [-0.2, -0.15) is 0 Å². The zero-order chi connectivity index (χ0) is 29.0. The van der Waals surface area contributed by atoms with Gasteiger partial charge in [0.25, 0.3) is 0 Å². The molecule has 1 aliphatic carbocycles. The number of hydrogen-bond acceptors (Lipinski definition) is 3. The predicted molar refractivity (Wildman–Crippen MR) is 163 cm³/mol. The first-order valence-electron chi connectivity index (χ1n) is 14.5. The lowest BCUT2D eigenvalue weighted by molar-refractivity contribution is -0.149. The molecule has 0 saturated heterocycles. The normalized spacial score (nSPS) is 13.9. The number of allylic oxidation sites excluding steroid dienone is 3. The standard InChI is InChI=1S/C36H39NO4/c1-37(35(39)24-22-32(29-17-7-3-8-18-29)30-19-9-4-10-20-30)33(36(40)41)26-31-25-28(21-23-34(31)38)16-12-11-15-27-13-5-2-6-14-27/h2-10,13-14,17-21,25,32-33H,11-12,15-16,22-24,26H2,1H3,(H,40,41). The number of ketones is 1. The van der Waals surface area contributed by atoms with Gasteiger partial charge in [0.15, 0.2) is 5.78 Å². The van der Waals surface area contributed by atoms with Crippen LogP contribution < -0.4 is 0 Å². The summed E-state index contributed by atoms with van der Waals surface area (Å²) in [4.78, 5) is 39.6. The third-order valence-corrected chi connectivity index (χ3v) is 7.90. The van der Waals surface area contributed by atoms with Crippen LogP contribution in [0.4, 0.5) is 0 Å². The number of aliphatic carboxylic acids is 1. The summed E-state index contributed by atoms with van der Waals surface area (Å²) in [6.45, 7) is 0. The van der Waals surface area contributed by atoms with Gasteiger partial charge in [-0.05, 0) is 54.4 Å². The molecule has 4 rings (SSSR count). The Hall–Kier alpha value is -4.25. The third kappa shape index (κ3) is 8.62.